The lowest BCUT2D eigenvalue weighted by molar-refractivity contribution is 0.189. The number of likely N-dealkylation sites (N-methyl/N-ethyl adjacent to an activating group) is 1. The molecule has 0 aromatic heterocycles. The third-order valence-corrected chi connectivity index (χ3v) is 4.42. The molecule has 0 spiro atoms. The van der Waals surface area contributed by atoms with Crippen molar-refractivity contribution in [3.8, 4) is 0 Å². The first-order chi connectivity index (χ1) is 9.68. The standard InChI is InChI=1S/C19H34N2/c1-8-16(2)21(7)15-19(6,14-20-18(3,4)5)17-12-10-9-11-13-17/h9-13,16,20H,8,14-15H2,1-7H3. The highest BCUT2D eigenvalue weighted by atomic mass is 15.1. The molecule has 21 heavy (non-hydrogen) atoms. The molecule has 0 amide bonds. The second kappa shape index (κ2) is 7.42. The predicted octanol–water partition coefficient (Wildman–Crippen LogP) is 4.06. The van der Waals surface area contributed by atoms with Gasteiger partial charge in [0.05, 0.1) is 0 Å². The van der Waals surface area contributed by atoms with E-state index >= 15 is 0 Å². The molecule has 120 valence electrons. The quantitative estimate of drug-likeness (QED) is 0.814. The van der Waals surface area contributed by atoms with Crippen molar-refractivity contribution in [1.82, 2.24) is 10.2 Å². The van der Waals surface area contributed by atoms with Crippen molar-refractivity contribution < 1.29 is 0 Å². The molecule has 0 heterocycles. The van der Waals surface area contributed by atoms with Gasteiger partial charge in [-0.1, -0.05) is 44.2 Å². The predicted molar refractivity (Wildman–Crippen MR) is 93.9 cm³/mol. The maximum Gasteiger partial charge on any atom is 0.0177 e. The summed E-state index contributed by atoms with van der Waals surface area (Å²) in [5, 5.41) is 3.70. The van der Waals surface area contributed by atoms with Crippen LogP contribution in [-0.2, 0) is 5.41 Å². The van der Waals surface area contributed by atoms with Crippen LogP contribution in [0.3, 0.4) is 0 Å². The summed E-state index contributed by atoms with van der Waals surface area (Å²) in [5.41, 5.74) is 1.68. The Balaban J connectivity index is 2.94. The number of nitrogens with one attached hydrogen (secondary N) is 1. The Morgan fingerprint density at radius 1 is 1.10 bits per heavy atom. The van der Waals surface area contributed by atoms with Crippen LogP contribution in [0.5, 0.6) is 0 Å². The molecular weight excluding hydrogens is 256 g/mol. The van der Waals surface area contributed by atoms with E-state index in [9.17, 15) is 0 Å². The van der Waals surface area contributed by atoms with Crippen LogP contribution in [0.4, 0.5) is 0 Å². The van der Waals surface area contributed by atoms with Crippen LogP contribution in [-0.4, -0.2) is 36.6 Å². The minimum absolute atomic E-state index is 0.118. The normalized spacial score (nSPS) is 16.8. The van der Waals surface area contributed by atoms with Gasteiger partial charge in [0.2, 0.25) is 0 Å². The molecule has 0 saturated heterocycles. The van der Waals surface area contributed by atoms with Gasteiger partial charge in [-0.15, -0.1) is 0 Å². The summed E-state index contributed by atoms with van der Waals surface area (Å²) in [4.78, 5) is 2.48. The fourth-order valence-electron chi connectivity index (χ4n) is 2.57. The topological polar surface area (TPSA) is 15.3 Å². The van der Waals surface area contributed by atoms with E-state index in [0.717, 1.165) is 13.1 Å². The van der Waals surface area contributed by atoms with Crippen LogP contribution < -0.4 is 5.32 Å². The zero-order valence-electron chi connectivity index (χ0n) is 15.0. The van der Waals surface area contributed by atoms with Crippen LogP contribution in [0.1, 0.15) is 53.5 Å². The summed E-state index contributed by atoms with van der Waals surface area (Å²) in [5.74, 6) is 0. The van der Waals surface area contributed by atoms with Crippen molar-refractivity contribution in [2.24, 2.45) is 0 Å². The van der Waals surface area contributed by atoms with E-state index in [1.54, 1.807) is 0 Å². The molecule has 0 fully saturated rings. The zero-order chi connectivity index (χ0) is 16.1. The fraction of sp³-hybridized carbons (Fsp3) is 0.684. The van der Waals surface area contributed by atoms with E-state index in [2.05, 4.69) is 89.1 Å². The van der Waals surface area contributed by atoms with Gasteiger partial charge in [0, 0.05) is 30.1 Å². The first-order valence-corrected chi connectivity index (χ1v) is 8.19. The van der Waals surface area contributed by atoms with Crippen LogP contribution in [0.25, 0.3) is 0 Å². The molecule has 2 unspecified atom stereocenters. The van der Waals surface area contributed by atoms with E-state index in [1.165, 1.54) is 12.0 Å². The third-order valence-electron chi connectivity index (χ3n) is 4.42. The Hall–Kier alpha value is -0.860. The molecule has 1 N–H and O–H groups in total. The van der Waals surface area contributed by atoms with Crippen molar-refractivity contribution in [2.45, 2.75) is 65.0 Å². The first-order valence-electron chi connectivity index (χ1n) is 8.19. The Morgan fingerprint density at radius 2 is 1.67 bits per heavy atom. The molecule has 0 aliphatic heterocycles. The third kappa shape index (κ3) is 5.80. The van der Waals surface area contributed by atoms with Crippen molar-refractivity contribution in [2.75, 3.05) is 20.1 Å². The molecule has 2 nitrogen and oxygen atoms in total. The van der Waals surface area contributed by atoms with Crippen LogP contribution in [0.15, 0.2) is 30.3 Å². The minimum Gasteiger partial charge on any atom is -0.311 e. The van der Waals surface area contributed by atoms with Gasteiger partial charge in [-0.25, -0.2) is 0 Å². The average molecular weight is 290 g/mol. The number of benzene rings is 1. The highest BCUT2D eigenvalue weighted by molar-refractivity contribution is 5.26. The molecule has 1 aromatic carbocycles. The minimum atomic E-state index is 0.118. The van der Waals surface area contributed by atoms with Gasteiger partial charge in [0.15, 0.2) is 0 Å². The van der Waals surface area contributed by atoms with E-state index in [0.29, 0.717) is 6.04 Å². The van der Waals surface area contributed by atoms with Gasteiger partial charge in [0.25, 0.3) is 0 Å². The molecule has 2 atom stereocenters. The molecule has 2 heteroatoms. The van der Waals surface area contributed by atoms with Gasteiger partial charge >= 0.3 is 0 Å². The van der Waals surface area contributed by atoms with Crippen molar-refractivity contribution in [3.63, 3.8) is 0 Å². The summed E-state index contributed by atoms with van der Waals surface area (Å²) in [6, 6.07) is 11.5. The van der Waals surface area contributed by atoms with E-state index in [-0.39, 0.29) is 11.0 Å². The molecule has 1 rings (SSSR count). The summed E-state index contributed by atoms with van der Waals surface area (Å²) in [6.45, 7) is 15.7. The lowest BCUT2D eigenvalue weighted by Crippen LogP contribution is -2.50. The molecular formula is C19H34N2. The lowest BCUT2D eigenvalue weighted by Gasteiger charge is -2.39. The summed E-state index contributed by atoms with van der Waals surface area (Å²) < 4.78 is 0. The summed E-state index contributed by atoms with van der Waals surface area (Å²) in [7, 11) is 2.24. The lowest BCUT2D eigenvalue weighted by atomic mass is 9.81. The fourth-order valence-corrected chi connectivity index (χ4v) is 2.57. The Kier molecular flexibility index (Phi) is 6.42. The highest BCUT2D eigenvalue weighted by Gasteiger charge is 2.30. The van der Waals surface area contributed by atoms with Gasteiger partial charge in [0.1, 0.15) is 0 Å². The monoisotopic (exact) mass is 290 g/mol. The number of hydrogen-bond acceptors (Lipinski definition) is 2. The average Bonchev–Trinajstić information content (AvgIpc) is 2.44. The molecule has 1 aromatic rings. The Bertz CT molecular complexity index is 407. The van der Waals surface area contributed by atoms with Crippen molar-refractivity contribution in [1.29, 1.82) is 0 Å². The SMILES string of the molecule is CCC(C)N(C)CC(C)(CNC(C)(C)C)c1ccccc1. The van der Waals surface area contributed by atoms with Gasteiger partial charge in [-0.2, -0.15) is 0 Å². The molecule has 0 radical (unpaired) electrons. The van der Waals surface area contributed by atoms with E-state index in [1.807, 2.05) is 0 Å². The molecule has 0 bridgehead atoms. The summed E-state index contributed by atoms with van der Waals surface area (Å²) in [6.07, 6.45) is 1.19. The maximum absolute atomic E-state index is 3.70. The smallest absolute Gasteiger partial charge is 0.0177 e. The second-order valence-corrected chi connectivity index (χ2v) is 7.70. The number of rotatable bonds is 7. The van der Waals surface area contributed by atoms with Crippen LogP contribution >= 0.6 is 0 Å². The number of hydrogen-bond donors (Lipinski definition) is 1. The Labute approximate surface area is 131 Å². The van der Waals surface area contributed by atoms with E-state index in [4.69, 9.17) is 0 Å². The van der Waals surface area contributed by atoms with Gasteiger partial charge < -0.3 is 10.2 Å². The second-order valence-electron chi connectivity index (χ2n) is 7.70. The molecule has 0 aliphatic carbocycles. The molecule has 0 saturated carbocycles. The maximum atomic E-state index is 3.70. The van der Waals surface area contributed by atoms with Crippen molar-refractivity contribution >= 4 is 0 Å². The molecule has 0 aliphatic rings. The van der Waals surface area contributed by atoms with Crippen LogP contribution in [0.2, 0.25) is 0 Å². The largest absolute Gasteiger partial charge is 0.311 e. The van der Waals surface area contributed by atoms with Gasteiger partial charge in [-0.3, -0.25) is 0 Å². The first kappa shape index (κ1) is 18.2. The van der Waals surface area contributed by atoms with Crippen molar-refractivity contribution in [3.05, 3.63) is 35.9 Å². The van der Waals surface area contributed by atoms with E-state index < -0.39 is 0 Å². The number of nitrogens with zero attached hydrogens (tertiary/aromatic N) is 1. The highest BCUT2D eigenvalue weighted by Crippen LogP contribution is 2.26. The van der Waals surface area contributed by atoms with Gasteiger partial charge in [-0.05, 0) is 46.7 Å². The zero-order valence-corrected chi connectivity index (χ0v) is 15.0. The summed E-state index contributed by atoms with van der Waals surface area (Å²) >= 11 is 0. The van der Waals surface area contributed by atoms with Crippen LogP contribution in [0, 0.1) is 0 Å². The Morgan fingerprint density at radius 3 is 2.14 bits per heavy atom.